The Bertz CT molecular complexity index is 1050. The minimum Gasteiger partial charge on any atom is -0.344 e. The zero-order valence-corrected chi connectivity index (χ0v) is 14.8. The molecule has 144 valence electrons. The fraction of sp³-hybridized carbons (Fsp3) is 0.150. The van der Waals surface area contributed by atoms with Crippen molar-refractivity contribution in [2.24, 2.45) is 0 Å². The van der Waals surface area contributed by atoms with Crippen LogP contribution in [0, 0.1) is 0 Å². The van der Waals surface area contributed by atoms with Crippen molar-refractivity contribution in [2.75, 3.05) is 0 Å². The molecule has 1 amide bonds. The number of alkyl halides is 3. The highest BCUT2D eigenvalue weighted by Gasteiger charge is 2.30. The number of hydrogen-bond acceptors (Lipinski definition) is 3. The maximum Gasteiger partial charge on any atom is 0.416 e. The van der Waals surface area contributed by atoms with E-state index in [1.807, 2.05) is 0 Å². The van der Waals surface area contributed by atoms with E-state index in [9.17, 15) is 22.8 Å². The molecule has 3 rings (SSSR count). The molecule has 1 N–H and O–H groups in total. The number of carbonyl (C=O) groups excluding carboxylic acids is 1. The Hall–Kier alpha value is -3.42. The highest BCUT2D eigenvalue weighted by molar-refractivity contribution is 5.92. The summed E-state index contributed by atoms with van der Waals surface area (Å²) in [5, 5.41) is 6.66. The van der Waals surface area contributed by atoms with Gasteiger partial charge in [-0.3, -0.25) is 9.59 Å². The highest BCUT2D eigenvalue weighted by Crippen LogP contribution is 2.30. The van der Waals surface area contributed by atoms with E-state index in [-0.39, 0.29) is 5.69 Å². The summed E-state index contributed by atoms with van der Waals surface area (Å²) in [7, 11) is 0. The van der Waals surface area contributed by atoms with Crippen LogP contribution in [0.15, 0.2) is 71.5 Å². The first kappa shape index (κ1) is 19.3. The van der Waals surface area contributed by atoms with Gasteiger partial charge in [-0.05, 0) is 42.8 Å². The van der Waals surface area contributed by atoms with Crippen LogP contribution in [0.1, 0.15) is 34.6 Å². The fourth-order valence-electron chi connectivity index (χ4n) is 2.62. The molecule has 1 unspecified atom stereocenters. The van der Waals surface area contributed by atoms with E-state index in [1.165, 1.54) is 24.3 Å². The number of benzene rings is 2. The maximum atomic E-state index is 12.9. The molecule has 28 heavy (non-hydrogen) atoms. The molecule has 0 bridgehead atoms. The molecule has 0 spiro atoms. The average molecular weight is 387 g/mol. The SMILES string of the molecule is CC(NC(=O)c1ccc(=O)n(-c2ccccc2)n1)c1cccc(C(F)(F)F)c1. The quantitative estimate of drug-likeness (QED) is 0.742. The van der Waals surface area contributed by atoms with Crippen LogP contribution in [-0.4, -0.2) is 15.7 Å². The van der Waals surface area contributed by atoms with E-state index in [0.717, 1.165) is 16.8 Å². The van der Waals surface area contributed by atoms with Gasteiger partial charge in [0, 0.05) is 6.07 Å². The lowest BCUT2D eigenvalue weighted by Crippen LogP contribution is -2.30. The van der Waals surface area contributed by atoms with Crippen molar-refractivity contribution in [3.8, 4) is 5.69 Å². The smallest absolute Gasteiger partial charge is 0.344 e. The lowest BCUT2D eigenvalue weighted by atomic mass is 10.0. The molecule has 0 saturated heterocycles. The molecular formula is C20H16F3N3O2. The number of rotatable bonds is 4. The van der Waals surface area contributed by atoms with Crippen molar-refractivity contribution in [3.05, 3.63) is 93.9 Å². The average Bonchev–Trinajstić information content (AvgIpc) is 2.68. The van der Waals surface area contributed by atoms with Crippen LogP contribution >= 0.6 is 0 Å². The zero-order valence-electron chi connectivity index (χ0n) is 14.8. The second-order valence-electron chi connectivity index (χ2n) is 6.12. The fourth-order valence-corrected chi connectivity index (χ4v) is 2.62. The van der Waals surface area contributed by atoms with Crippen LogP contribution in [0.5, 0.6) is 0 Å². The summed E-state index contributed by atoms with van der Waals surface area (Å²) in [4.78, 5) is 24.5. The van der Waals surface area contributed by atoms with Gasteiger partial charge in [0.15, 0.2) is 0 Å². The Morgan fingerprint density at radius 2 is 1.75 bits per heavy atom. The predicted molar refractivity (Wildman–Crippen MR) is 97.2 cm³/mol. The molecule has 0 aliphatic heterocycles. The van der Waals surface area contributed by atoms with E-state index < -0.39 is 29.2 Å². The van der Waals surface area contributed by atoms with Crippen LogP contribution in [0.3, 0.4) is 0 Å². The topological polar surface area (TPSA) is 64.0 Å². The van der Waals surface area contributed by atoms with Crippen molar-refractivity contribution in [3.63, 3.8) is 0 Å². The third-order valence-corrected chi connectivity index (χ3v) is 4.10. The number of nitrogens with one attached hydrogen (secondary N) is 1. The third kappa shape index (κ3) is 4.28. The van der Waals surface area contributed by atoms with Gasteiger partial charge < -0.3 is 5.32 Å². The Balaban J connectivity index is 1.83. The molecule has 0 aliphatic carbocycles. The Kier molecular flexibility index (Phi) is 5.30. The van der Waals surface area contributed by atoms with Crippen LogP contribution in [0.2, 0.25) is 0 Å². The number of para-hydroxylation sites is 1. The zero-order chi connectivity index (χ0) is 20.3. The molecule has 0 saturated carbocycles. The molecule has 1 heterocycles. The summed E-state index contributed by atoms with van der Waals surface area (Å²) in [6.45, 7) is 1.57. The summed E-state index contributed by atoms with van der Waals surface area (Å²) in [6.07, 6.45) is -4.47. The largest absolute Gasteiger partial charge is 0.416 e. The van der Waals surface area contributed by atoms with Gasteiger partial charge in [-0.25, -0.2) is 0 Å². The Morgan fingerprint density at radius 1 is 1.04 bits per heavy atom. The normalized spacial score (nSPS) is 12.4. The summed E-state index contributed by atoms with van der Waals surface area (Å²) >= 11 is 0. The summed E-state index contributed by atoms with van der Waals surface area (Å²) in [5.41, 5.74) is -0.426. The van der Waals surface area contributed by atoms with E-state index in [0.29, 0.717) is 11.3 Å². The Morgan fingerprint density at radius 3 is 2.43 bits per heavy atom. The van der Waals surface area contributed by atoms with Crippen LogP contribution in [-0.2, 0) is 6.18 Å². The van der Waals surface area contributed by atoms with E-state index >= 15 is 0 Å². The molecule has 2 aromatic carbocycles. The maximum absolute atomic E-state index is 12.9. The van der Waals surface area contributed by atoms with Crippen molar-refractivity contribution >= 4 is 5.91 Å². The minimum absolute atomic E-state index is 0.0257. The van der Waals surface area contributed by atoms with Crippen LogP contribution in [0.25, 0.3) is 5.69 Å². The third-order valence-electron chi connectivity index (χ3n) is 4.10. The number of amides is 1. The molecule has 1 atom stereocenters. The van der Waals surface area contributed by atoms with Gasteiger partial charge in [0.25, 0.3) is 11.5 Å². The first-order valence-corrected chi connectivity index (χ1v) is 8.39. The van der Waals surface area contributed by atoms with E-state index in [4.69, 9.17) is 0 Å². The number of hydrogen-bond donors (Lipinski definition) is 1. The molecule has 3 aromatic rings. The standard InChI is InChI=1S/C20H16F3N3O2/c1-13(14-6-5-7-15(12-14)20(21,22)23)24-19(28)17-10-11-18(27)26(25-17)16-8-3-2-4-9-16/h2-13H,1H3,(H,24,28). The lowest BCUT2D eigenvalue weighted by Gasteiger charge is -2.16. The first-order chi connectivity index (χ1) is 13.3. The molecule has 0 aliphatic rings. The monoisotopic (exact) mass is 387 g/mol. The summed E-state index contributed by atoms with van der Waals surface area (Å²) in [6, 6.07) is 15.1. The predicted octanol–water partition coefficient (Wildman–Crippen LogP) is 3.74. The van der Waals surface area contributed by atoms with E-state index in [1.54, 1.807) is 37.3 Å². The second-order valence-corrected chi connectivity index (χ2v) is 6.12. The molecule has 0 radical (unpaired) electrons. The second kappa shape index (κ2) is 7.67. The summed E-state index contributed by atoms with van der Waals surface area (Å²) < 4.78 is 39.7. The van der Waals surface area contributed by atoms with Gasteiger partial charge in [-0.15, -0.1) is 0 Å². The minimum atomic E-state index is -4.47. The van der Waals surface area contributed by atoms with Crippen molar-refractivity contribution < 1.29 is 18.0 Å². The Labute approximate surface area is 158 Å². The number of nitrogens with zero attached hydrogens (tertiary/aromatic N) is 2. The van der Waals surface area contributed by atoms with Crippen LogP contribution < -0.4 is 10.9 Å². The van der Waals surface area contributed by atoms with Gasteiger partial charge >= 0.3 is 6.18 Å². The van der Waals surface area contributed by atoms with Gasteiger partial charge in [-0.2, -0.15) is 23.0 Å². The molecule has 1 aromatic heterocycles. The number of halogens is 3. The lowest BCUT2D eigenvalue weighted by molar-refractivity contribution is -0.137. The van der Waals surface area contributed by atoms with Gasteiger partial charge in [0.1, 0.15) is 5.69 Å². The first-order valence-electron chi connectivity index (χ1n) is 8.39. The van der Waals surface area contributed by atoms with Gasteiger partial charge in [-0.1, -0.05) is 30.3 Å². The summed E-state index contributed by atoms with van der Waals surface area (Å²) in [5.74, 6) is -0.602. The molecule has 5 nitrogen and oxygen atoms in total. The molecule has 0 fully saturated rings. The van der Waals surface area contributed by atoms with Crippen molar-refractivity contribution in [2.45, 2.75) is 19.1 Å². The van der Waals surface area contributed by atoms with Crippen LogP contribution in [0.4, 0.5) is 13.2 Å². The van der Waals surface area contributed by atoms with Gasteiger partial charge in [0.05, 0.1) is 17.3 Å². The molecular weight excluding hydrogens is 371 g/mol. The number of aromatic nitrogens is 2. The highest BCUT2D eigenvalue weighted by atomic mass is 19.4. The van der Waals surface area contributed by atoms with Crippen molar-refractivity contribution in [1.82, 2.24) is 15.1 Å². The molecule has 8 heteroatoms. The van der Waals surface area contributed by atoms with Gasteiger partial charge in [0.2, 0.25) is 0 Å². The number of carbonyl (C=O) groups is 1. The van der Waals surface area contributed by atoms with Crippen molar-refractivity contribution in [1.29, 1.82) is 0 Å². The van der Waals surface area contributed by atoms with E-state index in [2.05, 4.69) is 10.4 Å².